The number of nitrogens with zero attached hydrogens (tertiary/aromatic N) is 2. The maximum absolute atomic E-state index is 14.1. The number of rotatable bonds is 5. The van der Waals surface area contributed by atoms with E-state index < -0.39 is 0 Å². The maximum Gasteiger partial charge on any atom is 0.258 e. The molecule has 0 atom stereocenters. The van der Waals surface area contributed by atoms with Crippen LogP contribution in [-0.4, -0.2) is 49.6 Å². The van der Waals surface area contributed by atoms with E-state index in [2.05, 4.69) is 23.0 Å². The predicted octanol–water partition coefficient (Wildman–Crippen LogP) is 5.38. The Morgan fingerprint density at radius 1 is 1.00 bits per heavy atom. The van der Waals surface area contributed by atoms with Crippen molar-refractivity contribution in [3.63, 3.8) is 0 Å². The third-order valence-electron chi connectivity index (χ3n) is 7.86. The van der Waals surface area contributed by atoms with Crippen LogP contribution in [0.2, 0.25) is 0 Å². The number of benzene rings is 3. The number of fused-ring (bicyclic) bond motifs is 3. The molecule has 6 heteroatoms. The normalized spacial score (nSPS) is 16.9. The molecule has 1 aromatic heterocycles. The van der Waals surface area contributed by atoms with Crippen molar-refractivity contribution in [2.75, 3.05) is 38.7 Å². The predicted molar refractivity (Wildman–Crippen MR) is 142 cm³/mol. The molecule has 0 radical (unpaired) electrons. The third-order valence-corrected chi connectivity index (χ3v) is 7.86. The summed E-state index contributed by atoms with van der Waals surface area (Å²) >= 11 is 0. The highest BCUT2D eigenvalue weighted by Gasteiger charge is 2.47. The molecule has 184 valence electrons. The topological polar surface area (TPSA) is 57.8 Å². The summed E-state index contributed by atoms with van der Waals surface area (Å²) in [6.07, 6.45) is 3.89. The second-order valence-electron chi connectivity index (χ2n) is 10.0. The fourth-order valence-corrected chi connectivity index (χ4v) is 5.75. The van der Waals surface area contributed by atoms with Crippen molar-refractivity contribution in [3.05, 3.63) is 89.6 Å². The van der Waals surface area contributed by atoms with Crippen LogP contribution < -0.4 is 14.4 Å². The van der Waals surface area contributed by atoms with Crippen LogP contribution in [0.25, 0.3) is 10.9 Å². The molecule has 1 spiro atoms. The fraction of sp³-hybridized carbons (Fsp3) is 0.300. The molecule has 0 bridgehead atoms. The van der Waals surface area contributed by atoms with Gasteiger partial charge in [0.1, 0.15) is 6.61 Å². The lowest BCUT2D eigenvalue weighted by molar-refractivity contribution is 0.0980. The summed E-state index contributed by atoms with van der Waals surface area (Å²) in [6.45, 7) is 3.11. The van der Waals surface area contributed by atoms with Gasteiger partial charge in [0.15, 0.2) is 11.5 Å². The Balaban J connectivity index is 1.42. The molecule has 0 unspecified atom stereocenters. The van der Waals surface area contributed by atoms with Crippen molar-refractivity contribution in [2.24, 2.45) is 0 Å². The number of amides is 1. The zero-order valence-corrected chi connectivity index (χ0v) is 20.8. The van der Waals surface area contributed by atoms with E-state index in [0.717, 1.165) is 48.1 Å². The quantitative estimate of drug-likeness (QED) is 0.416. The lowest BCUT2D eigenvalue weighted by Gasteiger charge is -2.38. The summed E-state index contributed by atoms with van der Waals surface area (Å²) < 4.78 is 12.0. The van der Waals surface area contributed by atoms with Crippen molar-refractivity contribution in [1.29, 1.82) is 0 Å². The highest BCUT2D eigenvalue weighted by molar-refractivity contribution is 6.15. The van der Waals surface area contributed by atoms with Crippen molar-refractivity contribution < 1.29 is 14.3 Å². The molecular formula is C30H31N3O3. The summed E-state index contributed by atoms with van der Waals surface area (Å²) in [6, 6.07) is 22.1. The number of aromatic amines is 1. The zero-order valence-electron chi connectivity index (χ0n) is 20.8. The molecule has 3 heterocycles. The van der Waals surface area contributed by atoms with Crippen molar-refractivity contribution in [2.45, 2.75) is 24.9 Å². The maximum atomic E-state index is 14.1. The first-order valence-corrected chi connectivity index (χ1v) is 12.5. The van der Waals surface area contributed by atoms with Crippen LogP contribution in [0, 0.1) is 0 Å². The van der Waals surface area contributed by atoms with Gasteiger partial charge in [-0.25, -0.2) is 0 Å². The van der Waals surface area contributed by atoms with Gasteiger partial charge in [-0.15, -0.1) is 0 Å². The van der Waals surface area contributed by atoms with Crippen LogP contribution in [0.1, 0.15) is 34.3 Å². The smallest absolute Gasteiger partial charge is 0.258 e. The molecule has 1 saturated heterocycles. The van der Waals surface area contributed by atoms with E-state index >= 15 is 0 Å². The minimum Gasteiger partial charge on any atom is -0.493 e. The number of H-pyrrole nitrogens is 1. The molecule has 6 nitrogen and oxygen atoms in total. The van der Waals surface area contributed by atoms with E-state index in [9.17, 15) is 4.79 Å². The summed E-state index contributed by atoms with van der Waals surface area (Å²) in [5.74, 6) is 1.39. The summed E-state index contributed by atoms with van der Waals surface area (Å²) in [7, 11) is 3.85. The lowest BCUT2D eigenvalue weighted by atomic mass is 9.74. The molecule has 3 aromatic carbocycles. The number of carbonyl (C=O) groups excluding carboxylic acids is 1. The third kappa shape index (κ3) is 3.82. The SMILES string of the molecule is COc1cc2c(cc1OCc1ccccc1)N(C(=O)c1cccc3[nH]ccc13)CC21CCN(C)CC1. The van der Waals surface area contributed by atoms with Gasteiger partial charge >= 0.3 is 0 Å². The van der Waals surface area contributed by atoms with E-state index in [1.807, 2.05) is 71.8 Å². The van der Waals surface area contributed by atoms with Gasteiger partial charge in [-0.1, -0.05) is 36.4 Å². The number of hydrogen-bond donors (Lipinski definition) is 1. The first-order valence-electron chi connectivity index (χ1n) is 12.5. The molecular weight excluding hydrogens is 450 g/mol. The van der Waals surface area contributed by atoms with E-state index in [-0.39, 0.29) is 11.3 Å². The molecule has 4 aromatic rings. The number of ether oxygens (including phenoxy) is 2. The van der Waals surface area contributed by atoms with Crippen molar-refractivity contribution >= 4 is 22.5 Å². The van der Waals surface area contributed by atoms with Crippen LogP contribution in [0.15, 0.2) is 72.9 Å². The van der Waals surface area contributed by atoms with Gasteiger partial charge in [0.2, 0.25) is 0 Å². The van der Waals surface area contributed by atoms with Gasteiger partial charge in [0, 0.05) is 40.7 Å². The van der Waals surface area contributed by atoms with Gasteiger partial charge in [-0.2, -0.15) is 0 Å². The Morgan fingerprint density at radius 2 is 1.81 bits per heavy atom. The summed E-state index contributed by atoms with van der Waals surface area (Å²) in [4.78, 5) is 21.7. The summed E-state index contributed by atoms with van der Waals surface area (Å²) in [5, 5.41) is 0.947. The first-order chi connectivity index (χ1) is 17.6. The van der Waals surface area contributed by atoms with Gasteiger partial charge in [-0.05, 0) is 68.4 Å². The number of hydrogen-bond acceptors (Lipinski definition) is 4. The number of carbonyl (C=O) groups is 1. The molecule has 1 fully saturated rings. The number of anilines is 1. The highest BCUT2D eigenvalue weighted by Crippen LogP contribution is 2.51. The average Bonchev–Trinajstić information content (AvgIpc) is 3.52. The van der Waals surface area contributed by atoms with Gasteiger partial charge in [0.25, 0.3) is 5.91 Å². The first kappa shape index (κ1) is 22.7. The van der Waals surface area contributed by atoms with Crippen LogP contribution in [0.3, 0.4) is 0 Å². The summed E-state index contributed by atoms with van der Waals surface area (Å²) in [5.41, 5.74) is 4.80. The Hall–Kier alpha value is -3.77. The standard InChI is InChI=1S/C30H31N3O3/c1-32-15-12-30(13-16-32)20-33(29(34)23-9-6-10-25-22(23)11-14-31-25)26-18-28(27(35-2)17-24(26)30)36-19-21-7-4-3-5-8-21/h3-11,14,17-18,31H,12-13,15-16,19-20H2,1-2H3. The van der Waals surface area contributed by atoms with Crippen molar-refractivity contribution in [3.8, 4) is 11.5 Å². The molecule has 2 aliphatic heterocycles. The van der Waals surface area contributed by atoms with E-state index in [1.54, 1.807) is 7.11 Å². The highest BCUT2D eigenvalue weighted by atomic mass is 16.5. The molecule has 1 amide bonds. The van der Waals surface area contributed by atoms with Gasteiger partial charge < -0.3 is 24.3 Å². The molecule has 6 rings (SSSR count). The Labute approximate surface area is 211 Å². The molecule has 0 saturated carbocycles. The van der Waals surface area contributed by atoms with Gasteiger partial charge in [0.05, 0.1) is 12.8 Å². The van der Waals surface area contributed by atoms with Crippen LogP contribution >= 0.6 is 0 Å². The van der Waals surface area contributed by atoms with E-state index in [4.69, 9.17) is 9.47 Å². The average molecular weight is 482 g/mol. The Kier molecular flexibility index (Phi) is 5.69. The molecule has 1 N–H and O–H groups in total. The lowest BCUT2D eigenvalue weighted by Crippen LogP contribution is -2.44. The minimum atomic E-state index is -0.0885. The number of aromatic nitrogens is 1. The Bertz CT molecular complexity index is 1400. The van der Waals surface area contributed by atoms with E-state index in [1.165, 1.54) is 5.56 Å². The fourth-order valence-electron chi connectivity index (χ4n) is 5.75. The largest absolute Gasteiger partial charge is 0.493 e. The second kappa shape index (κ2) is 9.03. The number of methoxy groups -OCH3 is 1. The minimum absolute atomic E-state index is 0.0245. The number of likely N-dealkylation sites (tertiary alicyclic amines) is 1. The van der Waals surface area contributed by atoms with Crippen molar-refractivity contribution in [1.82, 2.24) is 9.88 Å². The van der Waals surface area contributed by atoms with Gasteiger partial charge in [-0.3, -0.25) is 4.79 Å². The van der Waals surface area contributed by atoms with E-state index in [0.29, 0.717) is 30.2 Å². The number of nitrogens with one attached hydrogen (secondary N) is 1. The number of piperidine rings is 1. The monoisotopic (exact) mass is 481 g/mol. The molecule has 0 aliphatic carbocycles. The van der Waals surface area contributed by atoms with Crippen LogP contribution in [0.4, 0.5) is 5.69 Å². The Morgan fingerprint density at radius 3 is 2.58 bits per heavy atom. The van der Waals surface area contributed by atoms with Crippen LogP contribution in [-0.2, 0) is 12.0 Å². The second-order valence-corrected chi connectivity index (χ2v) is 10.0. The molecule has 2 aliphatic rings. The van der Waals surface area contributed by atoms with Crippen LogP contribution in [0.5, 0.6) is 11.5 Å². The molecule has 36 heavy (non-hydrogen) atoms. The zero-order chi connectivity index (χ0) is 24.7.